The molecule has 0 spiro atoms. The van der Waals surface area contributed by atoms with Crippen LogP contribution in [0, 0.1) is 5.92 Å². The Bertz CT molecular complexity index is 859. The van der Waals surface area contributed by atoms with Crippen LogP contribution in [0.3, 0.4) is 0 Å². The highest BCUT2D eigenvalue weighted by atomic mass is 32.1. The first kappa shape index (κ1) is 16.8. The number of aromatic nitrogens is 2. The van der Waals surface area contributed by atoms with Crippen LogP contribution in [0.25, 0.3) is 10.6 Å². The number of nitrogens with one attached hydrogen (secondary N) is 1. The predicted molar refractivity (Wildman–Crippen MR) is 106 cm³/mol. The van der Waals surface area contributed by atoms with E-state index in [0.717, 1.165) is 36.6 Å². The van der Waals surface area contributed by atoms with Crippen molar-refractivity contribution in [1.82, 2.24) is 15.1 Å². The van der Waals surface area contributed by atoms with Gasteiger partial charge in [-0.2, -0.15) is 5.10 Å². The number of rotatable bonds is 5. The van der Waals surface area contributed by atoms with E-state index in [4.69, 9.17) is 0 Å². The lowest BCUT2D eigenvalue weighted by atomic mass is 10.1. The van der Waals surface area contributed by atoms with Gasteiger partial charge in [-0.05, 0) is 35.9 Å². The number of hydrogen-bond acceptors (Lipinski definition) is 4. The molecule has 5 nitrogen and oxygen atoms in total. The molecular formula is C20H22N4OS. The molecule has 134 valence electrons. The van der Waals surface area contributed by atoms with Gasteiger partial charge < -0.3 is 9.80 Å². The second-order valence-electron chi connectivity index (χ2n) is 6.76. The third-order valence-electron chi connectivity index (χ3n) is 4.92. The topological polar surface area (TPSA) is 52.2 Å². The van der Waals surface area contributed by atoms with Gasteiger partial charge >= 0.3 is 0 Å². The Balaban J connectivity index is 1.41. The summed E-state index contributed by atoms with van der Waals surface area (Å²) >= 11 is 1.61. The Kier molecular flexibility index (Phi) is 4.75. The number of carbonyl (C=O) groups excluding carboxylic acids is 1. The molecule has 1 N–H and O–H groups in total. The molecule has 2 aromatic heterocycles. The molecule has 26 heavy (non-hydrogen) atoms. The van der Waals surface area contributed by atoms with E-state index in [1.807, 2.05) is 35.5 Å². The number of nitrogens with zero attached hydrogens (tertiary/aromatic N) is 3. The summed E-state index contributed by atoms with van der Waals surface area (Å²) in [6.45, 7) is 2.80. The van der Waals surface area contributed by atoms with Gasteiger partial charge in [0.05, 0.1) is 22.3 Å². The molecule has 0 radical (unpaired) electrons. The molecule has 0 unspecified atom stereocenters. The molecule has 3 aromatic rings. The van der Waals surface area contributed by atoms with Crippen LogP contribution in [-0.2, 0) is 0 Å². The van der Waals surface area contributed by atoms with E-state index in [1.165, 1.54) is 5.69 Å². The van der Waals surface area contributed by atoms with Crippen LogP contribution < -0.4 is 4.90 Å². The average molecular weight is 366 g/mol. The third kappa shape index (κ3) is 3.37. The van der Waals surface area contributed by atoms with Crippen molar-refractivity contribution in [2.75, 3.05) is 31.6 Å². The minimum Gasteiger partial charge on any atom is -0.371 e. The Morgan fingerprint density at radius 2 is 2.15 bits per heavy atom. The standard InChI is InChI=1S/C20H22N4OS/c1-23(13-15-9-10-24(14-15)16-6-3-2-4-7-16)20(25)17-12-21-22-19(17)18-8-5-11-26-18/h2-8,11-12,15H,9-10,13-14H2,1H3,(H,21,22)/t15-/m1/s1. The summed E-state index contributed by atoms with van der Waals surface area (Å²) < 4.78 is 0. The zero-order chi connectivity index (χ0) is 17.9. The molecule has 6 heteroatoms. The lowest BCUT2D eigenvalue weighted by molar-refractivity contribution is 0.0777. The molecule has 1 aliphatic rings. The molecule has 0 saturated carbocycles. The van der Waals surface area contributed by atoms with Crippen LogP contribution in [0.1, 0.15) is 16.8 Å². The van der Waals surface area contributed by atoms with Gasteiger partial charge in [0.1, 0.15) is 0 Å². The van der Waals surface area contributed by atoms with Crippen molar-refractivity contribution in [2.45, 2.75) is 6.42 Å². The first-order valence-electron chi connectivity index (χ1n) is 8.85. The van der Waals surface area contributed by atoms with Crippen molar-refractivity contribution >= 4 is 22.9 Å². The van der Waals surface area contributed by atoms with E-state index in [2.05, 4.69) is 39.4 Å². The van der Waals surface area contributed by atoms with E-state index >= 15 is 0 Å². The molecular weight excluding hydrogens is 344 g/mol. The Hall–Kier alpha value is -2.60. The van der Waals surface area contributed by atoms with Crippen molar-refractivity contribution in [2.24, 2.45) is 5.92 Å². The van der Waals surface area contributed by atoms with Crippen molar-refractivity contribution in [1.29, 1.82) is 0 Å². The zero-order valence-electron chi connectivity index (χ0n) is 14.8. The number of hydrogen-bond donors (Lipinski definition) is 1. The van der Waals surface area contributed by atoms with Crippen LogP contribution in [0.15, 0.2) is 54.0 Å². The van der Waals surface area contributed by atoms with E-state index in [9.17, 15) is 4.79 Å². The molecule has 3 heterocycles. The third-order valence-corrected chi connectivity index (χ3v) is 5.81. The second-order valence-corrected chi connectivity index (χ2v) is 7.71. The molecule has 1 aromatic carbocycles. The van der Waals surface area contributed by atoms with Crippen LogP contribution in [0.5, 0.6) is 0 Å². The minimum absolute atomic E-state index is 0.0281. The lowest BCUT2D eigenvalue weighted by Crippen LogP contribution is -2.33. The fourth-order valence-electron chi connectivity index (χ4n) is 3.59. The summed E-state index contributed by atoms with van der Waals surface area (Å²) in [6.07, 6.45) is 2.74. The molecule has 0 aliphatic carbocycles. The Morgan fingerprint density at radius 1 is 1.31 bits per heavy atom. The molecule has 1 aliphatic heterocycles. The van der Waals surface area contributed by atoms with Gasteiger partial charge in [-0.3, -0.25) is 9.89 Å². The summed E-state index contributed by atoms with van der Waals surface area (Å²) in [5.74, 6) is 0.515. The Labute approximate surface area is 157 Å². The van der Waals surface area contributed by atoms with Crippen molar-refractivity contribution < 1.29 is 4.79 Å². The maximum atomic E-state index is 12.9. The van der Waals surface area contributed by atoms with Crippen LogP contribution in [-0.4, -0.2) is 47.7 Å². The van der Waals surface area contributed by atoms with Gasteiger partial charge in [-0.1, -0.05) is 24.3 Å². The van der Waals surface area contributed by atoms with Gasteiger partial charge in [0.25, 0.3) is 5.91 Å². The average Bonchev–Trinajstić information content (AvgIpc) is 3.42. The van der Waals surface area contributed by atoms with E-state index in [1.54, 1.807) is 17.5 Å². The normalized spacial score (nSPS) is 16.8. The van der Waals surface area contributed by atoms with Crippen LogP contribution >= 0.6 is 11.3 Å². The van der Waals surface area contributed by atoms with Crippen molar-refractivity contribution in [3.63, 3.8) is 0 Å². The van der Waals surface area contributed by atoms with Gasteiger partial charge in [0.15, 0.2) is 0 Å². The number of carbonyl (C=O) groups is 1. The van der Waals surface area contributed by atoms with Crippen molar-refractivity contribution in [3.8, 4) is 10.6 Å². The fourth-order valence-corrected chi connectivity index (χ4v) is 4.32. The van der Waals surface area contributed by atoms with Crippen molar-refractivity contribution in [3.05, 3.63) is 59.6 Å². The number of thiophene rings is 1. The number of amides is 1. The van der Waals surface area contributed by atoms with Crippen LogP contribution in [0.4, 0.5) is 5.69 Å². The fraction of sp³-hybridized carbons (Fsp3) is 0.300. The highest BCUT2D eigenvalue weighted by Crippen LogP contribution is 2.28. The number of H-pyrrole nitrogens is 1. The van der Waals surface area contributed by atoms with Gasteiger partial charge in [0.2, 0.25) is 0 Å². The molecule has 1 fully saturated rings. The predicted octanol–water partition coefficient (Wildman–Crippen LogP) is 3.74. The Morgan fingerprint density at radius 3 is 2.92 bits per heavy atom. The largest absolute Gasteiger partial charge is 0.371 e. The monoisotopic (exact) mass is 366 g/mol. The highest BCUT2D eigenvalue weighted by Gasteiger charge is 2.27. The molecule has 4 rings (SSSR count). The SMILES string of the molecule is CN(C[C@H]1CCN(c2ccccc2)C1)C(=O)c1cn[nH]c1-c1cccs1. The zero-order valence-corrected chi connectivity index (χ0v) is 15.6. The first-order valence-corrected chi connectivity index (χ1v) is 9.73. The first-order chi connectivity index (χ1) is 12.7. The summed E-state index contributed by atoms with van der Waals surface area (Å²) in [7, 11) is 1.89. The van der Waals surface area contributed by atoms with Crippen LogP contribution in [0.2, 0.25) is 0 Å². The van der Waals surface area contributed by atoms with Gasteiger partial charge in [0, 0.05) is 32.4 Å². The second kappa shape index (κ2) is 7.33. The molecule has 1 atom stereocenters. The number of benzene rings is 1. The minimum atomic E-state index is 0.0281. The summed E-state index contributed by atoms with van der Waals surface area (Å²) in [4.78, 5) is 18.2. The van der Waals surface area contributed by atoms with E-state index < -0.39 is 0 Å². The summed E-state index contributed by atoms with van der Waals surface area (Å²) in [6, 6.07) is 14.5. The molecule has 0 bridgehead atoms. The smallest absolute Gasteiger partial charge is 0.257 e. The maximum Gasteiger partial charge on any atom is 0.257 e. The quantitative estimate of drug-likeness (QED) is 0.748. The number of aromatic amines is 1. The van der Waals surface area contributed by atoms with E-state index in [0.29, 0.717) is 11.5 Å². The maximum absolute atomic E-state index is 12.9. The van der Waals surface area contributed by atoms with Gasteiger partial charge in [-0.25, -0.2) is 0 Å². The number of para-hydroxylation sites is 1. The summed E-state index contributed by atoms with van der Waals surface area (Å²) in [5.41, 5.74) is 2.72. The van der Waals surface area contributed by atoms with Gasteiger partial charge in [-0.15, -0.1) is 11.3 Å². The molecule has 1 saturated heterocycles. The molecule has 1 amide bonds. The summed E-state index contributed by atoms with van der Waals surface area (Å²) in [5, 5.41) is 9.07. The van der Waals surface area contributed by atoms with E-state index in [-0.39, 0.29) is 5.91 Å². The highest BCUT2D eigenvalue weighted by molar-refractivity contribution is 7.13. The number of anilines is 1. The lowest BCUT2D eigenvalue weighted by Gasteiger charge is -2.22.